The number of benzene rings is 1. The lowest BCUT2D eigenvalue weighted by molar-refractivity contribution is -0.149. The molecule has 0 saturated carbocycles. The van der Waals surface area contributed by atoms with Crippen LogP contribution in [0.15, 0.2) is 22.7 Å². The SMILES string of the molecule is O=C(COC(=O)[C@H]1CCC(=O)N1)Nc1ccc(Br)cc1F. The average molecular weight is 359 g/mol. The van der Waals surface area contributed by atoms with Crippen LogP contribution in [0.1, 0.15) is 12.8 Å². The standard InChI is InChI=1S/C13H12BrFN2O4/c14-7-1-2-9(8(15)5-7)16-12(19)6-21-13(20)10-3-4-11(18)17-10/h1-2,5,10H,3-4,6H2,(H,16,19)(H,17,18)/t10-/m1/s1. The van der Waals surface area contributed by atoms with E-state index in [1.54, 1.807) is 6.07 Å². The first kappa shape index (κ1) is 15.4. The number of ether oxygens (including phenoxy) is 1. The number of nitrogens with one attached hydrogen (secondary N) is 2. The maximum absolute atomic E-state index is 13.5. The number of anilines is 1. The number of amides is 2. The lowest BCUT2D eigenvalue weighted by atomic mass is 10.2. The van der Waals surface area contributed by atoms with Crippen molar-refractivity contribution in [1.29, 1.82) is 0 Å². The second kappa shape index (κ2) is 6.66. The van der Waals surface area contributed by atoms with E-state index in [2.05, 4.69) is 26.6 Å². The average Bonchev–Trinajstić information content (AvgIpc) is 2.86. The minimum absolute atomic E-state index is 0.00609. The van der Waals surface area contributed by atoms with Gasteiger partial charge in [-0.05, 0) is 24.6 Å². The quantitative estimate of drug-likeness (QED) is 0.795. The van der Waals surface area contributed by atoms with Crippen LogP contribution in [0.2, 0.25) is 0 Å². The van der Waals surface area contributed by atoms with Crippen LogP contribution in [-0.4, -0.2) is 30.4 Å². The van der Waals surface area contributed by atoms with Crippen molar-refractivity contribution in [2.24, 2.45) is 0 Å². The normalized spacial score (nSPS) is 17.2. The van der Waals surface area contributed by atoms with Crippen LogP contribution in [0.3, 0.4) is 0 Å². The van der Waals surface area contributed by atoms with Gasteiger partial charge in [0.1, 0.15) is 11.9 Å². The summed E-state index contributed by atoms with van der Waals surface area (Å²) >= 11 is 3.10. The third-order valence-corrected chi connectivity index (χ3v) is 3.32. The molecule has 1 aromatic rings. The molecule has 1 heterocycles. The summed E-state index contributed by atoms with van der Waals surface area (Å²) in [4.78, 5) is 34.1. The summed E-state index contributed by atoms with van der Waals surface area (Å²) in [5.41, 5.74) is -0.00609. The summed E-state index contributed by atoms with van der Waals surface area (Å²) in [5, 5.41) is 4.72. The molecule has 8 heteroatoms. The van der Waals surface area contributed by atoms with Crippen LogP contribution in [-0.2, 0) is 19.1 Å². The Morgan fingerprint density at radius 3 is 2.86 bits per heavy atom. The first-order chi connectivity index (χ1) is 9.95. The van der Waals surface area contributed by atoms with Crippen LogP contribution in [0.5, 0.6) is 0 Å². The van der Waals surface area contributed by atoms with Crippen molar-refractivity contribution >= 4 is 39.4 Å². The first-order valence-corrected chi connectivity index (χ1v) is 6.96. The molecule has 2 rings (SSSR count). The molecule has 0 aromatic heterocycles. The van der Waals surface area contributed by atoms with E-state index in [0.29, 0.717) is 10.9 Å². The zero-order valence-electron chi connectivity index (χ0n) is 10.8. The van der Waals surface area contributed by atoms with Gasteiger partial charge in [0.2, 0.25) is 5.91 Å². The van der Waals surface area contributed by atoms with E-state index in [1.807, 2.05) is 0 Å². The van der Waals surface area contributed by atoms with Crippen molar-refractivity contribution in [1.82, 2.24) is 5.32 Å². The molecule has 2 N–H and O–H groups in total. The molecule has 0 radical (unpaired) electrons. The molecule has 21 heavy (non-hydrogen) atoms. The zero-order valence-corrected chi connectivity index (χ0v) is 12.4. The van der Waals surface area contributed by atoms with Gasteiger partial charge in [-0.1, -0.05) is 15.9 Å². The molecule has 6 nitrogen and oxygen atoms in total. The molecule has 1 saturated heterocycles. The summed E-state index contributed by atoms with van der Waals surface area (Å²) in [7, 11) is 0. The highest BCUT2D eigenvalue weighted by atomic mass is 79.9. The predicted molar refractivity (Wildman–Crippen MR) is 74.9 cm³/mol. The number of rotatable bonds is 4. The Morgan fingerprint density at radius 1 is 1.48 bits per heavy atom. The van der Waals surface area contributed by atoms with Gasteiger partial charge in [0.15, 0.2) is 6.61 Å². The Labute approximate surface area is 128 Å². The van der Waals surface area contributed by atoms with Crippen molar-refractivity contribution in [3.05, 3.63) is 28.5 Å². The minimum Gasteiger partial charge on any atom is -0.454 e. The first-order valence-electron chi connectivity index (χ1n) is 6.16. The summed E-state index contributed by atoms with van der Waals surface area (Å²) in [6.45, 7) is -0.541. The van der Waals surface area contributed by atoms with Gasteiger partial charge in [0, 0.05) is 10.9 Å². The van der Waals surface area contributed by atoms with Gasteiger partial charge >= 0.3 is 5.97 Å². The van der Waals surface area contributed by atoms with Crippen molar-refractivity contribution in [2.45, 2.75) is 18.9 Å². The summed E-state index contributed by atoms with van der Waals surface area (Å²) in [5.74, 6) is -2.16. The van der Waals surface area contributed by atoms with Crippen molar-refractivity contribution in [3.63, 3.8) is 0 Å². The number of carbonyl (C=O) groups is 3. The van der Waals surface area contributed by atoms with Gasteiger partial charge < -0.3 is 15.4 Å². The van der Waals surface area contributed by atoms with Crippen LogP contribution in [0.25, 0.3) is 0 Å². The van der Waals surface area contributed by atoms with Gasteiger partial charge in [-0.25, -0.2) is 9.18 Å². The van der Waals surface area contributed by atoms with Gasteiger partial charge in [0.05, 0.1) is 5.69 Å². The lowest BCUT2D eigenvalue weighted by Crippen LogP contribution is -2.36. The smallest absolute Gasteiger partial charge is 0.329 e. The highest BCUT2D eigenvalue weighted by molar-refractivity contribution is 9.10. The predicted octanol–water partition coefficient (Wildman–Crippen LogP) is 1.35. The third kappa shape index (κ3) is 4.25. The number of hydrogen-bond acceptors (Lipinski definition) is 4. The van der Waals surface area contributed by atoms with Crippen LogP contribution in [0.4, 0.5) is 10.1 Å². The van der Waals surface area contributed by atoms with E-state index in [9.17, 15) is 18.8 Å². The van der Waals surface area contributed by atoms with Crippen molar-refractivity contribution in [2.75, 3.05) is 11.9 Å². The topological polar surface area (TPSA) is 84.5 Å². The Balaban J connectivity index is 1.82. The van der Waals surface area contributed by atoms with Crippen LogP contribution >= 0.6 is 15.9 Å². The lowest BCUT2D eigenvalue weighted by Gasteiger charge is -2.10. The molecule has 1 aliphatic heterocycles. The molecule has 1 aliphatic rings. The fraction of sp³-hybridized carbons (Fsp3) is 0.308. The van der Waals surface area contributed by atoms with E-state index in [0.717, 1.165) is 0 Å². The molecule has 2 amide bonds. The largest absolute Gasteiger partial charge is 0.454 e. The monoisotopic (exact) mass is 358 g/mol. The molecule has 0 bridgehead atoms. The number of esters is 1. The molecule has 1 aromatic carbocycles. The van der Waals surface area contributed by atoms with Gasteiger partial charge in [-0.15, -0.1) is 0 Å². The summed E-state index contributed by atoms with van der Waals surface area (Å²) in [6, 6.07) is 3.44. The van der Waals surface area contributed by atoms with Crippen molar-refractivity contribution < 1.29 is 23.5 Å². The molecule has 0 spiro atoms. The highest BCUT2D eigenvalue weighted by Gasteiger charge is 2.28. The Bertz CT molecular complexity index is 594. The molecular weight excluding hydrogens is 347 g/mol. The fourth-order valence-corrected chi connectivity index (χ4v) is 2.14. The van der Waals surface area contributed by atoms with Gasteiger partial charge in [-0.3, -0.25) is 9.59 Å². The second-order valence-electron chi connectivity index (χ2n) is 4.44. The molecular formula is C13H12BrFN2O4. The number of halogens is 2. The maximum atomic E-state index is 13.5. The Hall–Kier alpha value is -1.96. The Kier molecular flexibility index (Phi) is 4.89. The Morgan fingerprint density at radius 2 is 2.24 bits per heavy atom. The van der Waals surface area contributed by atoms with E-state index >= 15 is 0 Å². The third-order valence-electron chi connectivity index (χ3n) is 2.83. The van der Waals surface area contributed by atoms with Crippen LogP contribution in [0, 0.1) is 5.82 Å². The molecule has 1 fully saturated rings. The van der Waals surface area contributed by atoms with Crippen LogP contribution < -0.4 is 10.6 Å². The summed E-state index contributed by atoms with van der Waals surface area (Å²) in [6.07, 6.45) is 0.608. The highest BCUT2D eigenvalue weighted by Crippen LogP contribution is 2.19. The van der Waals surface area contributed by atoms with E-state index in [4.69, 9.17) is 4.74 Å². The van der Waals surface area contributed by atoms with Gasteiger partial charge in [0.25, 0.3) is 5.91 Å². The molecule has 0 unspecified atom stereocenters. The van der Waals surface area contributed by atoms with Crippen molar-refractivity contribution in [3.8, 4) is 0 Å². The van der Waals surface area contributed by atoms with E-state index < -0.39 is 30.3 Å². The zero-order chi connectivity index (χ0) is 15.4. The maximum Gasteiger partial charge on any atom is 0.329 e. The minimum atomic E-state index is -0.713. The fourth-order valence-electron chi connectivity index (χ4n) is 1.81. The molecule has 112 valence electrons. The van der Waals surface area contributed by atoms with E-state index in [1.165, 1.54) is 12.1 Å². The molecule has 1 atom stereocenters. The number of carbonyl (C=O) groups excluding carboxylic acids is 3. The second-order valence-corrected chi connectivity index (χ2v) is 5.35. The molecule has 0 aliphatic carbocycles. The summed E-state index contributed by atoms with van der Waals surface area (Å²) < 4.78 is 18.8. The van der Waals surface area contributed by atoms with Gasteiger partial charge in [-0.2, -0.15) is 0 Å². The van der Waals surface area contributed by atoms with E-state index in [-0.39, 0.29) is 18.0 Å². The number of hydrogen-bond donors (Lipinski definition) is 2.